The van der Waals surface area contributed by atoms with Crippen LogP contribution in [0.3, 0.4) is 0 Å². The maximum atomic E-state index is 2.60. The van der Waals surface area contributed by atoms with Gasteiger partial charge in [0.15, 0.2) is 0 Å². The molecule has 0 fully saturated rings. The molecule has 0 saturated heterocycles. The van der Waals surface area contributed by atoms with Crippen LogP contribution < -0.4 is 4.90 Å². The van der Waals surface area contributed by atoms with Gasteiger partial charge in [0.1, 0.15) is 0 Å². The van der Waals surface area contributed by atoms with Gasteiger partial charge >= 0.3 is 0 Å². The molecule has 0 radical (unpaired) electrons. The molecule has 10 aromatic carbocycles. The molecule has 1 aliphatic carbocycles. The Morgan fingerprint density at radius 2 is 0.762 bits per heavy atom. The van der Waals surface area contributed by atoms with Gasteiger partial charge in [0.25, 0.3) is 0 Å². The molecule has 296 valence electrons. The fourth-order valence-corrected chi connectivity index (χ4v) is 11.6. The van der Waals surface area contributed by atoms with Gasteiger partial charge in [-0.25, -0.2) is 0 Å². The van der Waals surface area contributed by atoms with Gasteiger partial charge in [-0.15, -0.1) is 11.3 Å². The van der Waals surface area contributed by atoms with Crippen molar-refractivity contribution in [2.24, 2.45) is 0 Å². The van der Waals surface area contributed by atoms with Crippen molar-refractivity contribution < 1.29 is 0 Å². The number of nitrogens with zero attached hydrogens (tertiary/aromatic N) is 1. The van der Waals surface area contributed by atoms with E-state index in [1.807, 2.05) is 11.3 Å². The van der Waals surface area contributed by atoms with Crippen molar-refractivity contribution in [2.45, 2.75) is 5.41 Å². The zero-order valence-corrected chi connectivity index (χ0v) is 35.3. The van der Waals surface area contributed by atoms with Gasteiger partial charge < -0.3 is 4.90 Å². The predicted molar refractivity (Wildman–Crippen MR) is 268 cm³/mol. The molecular weight excluding hydrogens is 779 g/mol. The minimum absolute atomic E-state index is 0.547. The largest absolute Gasteiger partial charge is 0.308 e. The van der Waals surface area contributed by atoms with Gasteiger partial charge in [-0.2, -0.15) is 0 Å². The zero-order valence-electron chi connectivity index (χ0n) is 34.5. The molecule has 2 heteroatoms. The first-order chi connectivity index (χ1) is 31.3. The van der Waals surface area contributed by atoms with Crippen LogP contribution in [0, 0.1) is 0 Å². The van der Waals surface area contributed by atoms with Crippen LogP contribution in [0.15, 0.2) is 249 Å². The highest BCUT2D eigenvalue weighted by molar-refractivity contribution is 7.26. The highest BCUT2D eigenvalue weighted by Gasteiger charge is 2.47. The Bertz CT molecular complexity index is 3400. The van der Waals surface area contributed by atoms with Gasteiger partial charge in [-0.3, -0.25) is 0 Å². The Kier molecular flexibility index (Phi) is 8.98. The van der Waals surface area contributed by atoms with E-state index in [1.165, 1.54) is 86.9 Å². The number of fused-ring (bicyclic) bond motifs is 6. The summed E-state index contributed by atoms with van der Waals surface area (Å²) in [4.78, 5) is 2.60. The van der Waals surface area contributed by atoms with Gasteiger partial charge in [0.05, 0.1) is 27.2 Å². The summed E-state index contributed by atoms with van der Waals surface area (Å²) in [5.41, 5.74) is 17.5. The van der Waals surface area contributed by atoms with Crippen molar-refractivity contribution >= 4 is 48.6 Å². The van der Waals surface area contributed by atoms with E-state index in [-0.39, 0.29) is 0 Å². The molecule has 0 aliphatic heterocycles. The maximum absolute atomic E-state index is 2.60. The van der Waals surface area contributed by atoms with Gasteiger partial charge in [-0.05, 0) is 79.9 Å². The van der Waals surface area contributed by atoms with E-state index in [9.17, 15) is 0 Å². The highest BCUT2D eigenvalue weighted by atomic mass is 32.1. The molecular formula is C61H41NS. The van der Waals surface area contributed by atoms with Crippen molar-refractivity contribution in [2.75, 3.05) is 4.90 Å². The average molecular weight is 820 g/mol. The smallest absolute Gasteiger partial charge is 0.0714 e. The lowest BCUT2D eigenvalue weighted by molar-refractivity contribution is 0.768. The second-order valence-electron chi connectivity index (χ2n) is 16.3. The molecule has 11 aromatic rings. The fourth-order valence-electron chi connectivity index (χ4n) is 10.4. The van der Waals surface area contributed by atoms with Crippen molar-refractivity contribution in [3.8, 4) is 44.5 Å². The van der Waals surface area contributed by atoms with E-state index in [4.69, 9.17) is 0 Å². The van der Waals surface area contributed by atoms with Gasteiger partial charge in [0.2, 0.25) is 0 Å². The lowest BCUT2D eigenvalue weighted by atomic mass is 9.68. The summed E-state index contributed by atoms with van der Waals surface area (Å²) in [7, 11) is 0. The Morgan fingerprint density at radius 1 is 0.302 bits per heavy atom. The van der Waals surface area contributed by atoms with E-state index < -0.39 is 5.41 Å². The average Bonchev–Trinajstić information content (AvgIpc) is 3.90. The van der Waals surface area contributed by atoms with E-state index in [0.29, 0.717) is 0 Å². The SMILES string of the molecule is c1ccc(-c2ccccc2-c2c(-c3ccccc3)cccc2N(c2cccc3c2-c2ccccc2C3(c2ccccc2)c2ccccc2)c2cccc3c2sc2ccccc23)cc1. The second kappa shape index (κ2) is 15.3. The molecule has 1 aliphatic rings. The predicted octanol–water partition coefficient (Wildman–Crippen LogP) is 16.9. The first kappa shape index (κ1) is 37.0. The van der Waals surface area contributed by atoms with E-state index >= 15 is 0 Å². The van der Waals surface area contributed by atoms with Crippen LogP contribution in [0.4, 0.5) is 17.1 Å². The lowest BCUT2D eigenvalue weighted by Crippen LogP contribution is -2.28. The van der Waals surface area contributed by atoms with Crippen LogP contribution >= 0.6 is 11.3 Å². The molecule has 0 unspecified atom stereocenters. The first-order valence-corrected chi connectivity index (χ1v) is 22.5. The molecule has 12 rings (SSSR count). The number of rotatable bonds is 8. The molecule has 0 N–H and O–H groups in total. The summed E-state index contributed by atoms with van der Waals surface area (Å²) >= 11 is 1.88. The molecule has 0 atom stereocenters. The molecule has 0 amide bonds. The molecule has 0 saturated carbocycles. The topological polar surface area (TPSA) is 3.24 Å². The van der Waals surface area contributed by atoms with Crippen LogP contribution in [0.2, 0.25) is 0 Å². The normalized spacial score (nSPS) is 12.6. The highest BCUT2D eigenvalue weighted by Crippen LogP contribution is 2.61. The van der Waals surface area contributed by atoms with E-state index in [2.05, 4.69) is 254 Å². The van der Waals surface area contributed by atoms with Gasteiger partial charge in [-0.1, -0.05) is 224 Å². The van der Waals surface area contributed by atoms with Crippen LogP contribution in [0.1, 0.15) is 22.3 Å². The Hall–Kier alpha value is -7.78. The quantitative estimate of drug-likeness (QED) is 0.148. The van der Waals surface area contributed by atoms with Crippen molar-refractivity contribution in [3.05, 3.63) is 271 Å². The minimum atomic E-state index is -0.547. The fraction of sp³-hybridized carbons (Fsp3) is 0.0164. The first-order valence-electron chi connectivity index (χ1n) is 21.7. The van der Waals surface area contributed by atoms with Crippen molar-refractivity contribution in [3.63, 3.8) is 0 Å². The summed E-state index contributed by atoms with van der Waals surface area (Å²) in [5.74, 6) is 0. The molecule has 1 aromatic heterocycles. The van der Waals surface area contributed by atoms with E-state index in [1.54, 1.807) is 0 Å². The standard InChI is InChI=1S/C61H41NS/c1-5-22-42(23-6-1)46-30-13-14-32-49(46)58-47(43-24-7-2-8-25-43)34-19-38-54(58)62(56-40-20-35-50-48-31-16-18-41-57(48)63-60(50)56)55-39-21-37-53-59(55)51-33-15-17-36-52(51)61(53,44-26-9-3-10-27-44)45-28-11-4-12-29-45/h1-41H. The number of hydrogen-bond acceptors (Lipinski definition) is 2. The Labute approximate surface area is 372 Å². The van der Waals surface area contributed by atoms with Crippen molar-refractivity contribution in [1.29, 1.82) is 0 Å². The van der Waals surface area contributed by atoms with E-state index in [0.717, 1.165) is 17.1 Å². The summed E-state index contributed by atoms with van der Waals surface area (Å²) in [6.45, 7) is 0. The molecule has 1 nitrogen and oxygen atoms in total. The zero-order chi connectivity index (χ0) is 41.7. The molecule has 0 spiro atoms. The summed E-state index contributed by atoms with van der Waals surface area (Å²) < 4.78 is 2.54. The third kappa shape index (κ3) is 5.83. The van der Waals surface area contributed by atoms with Crippen LogP contribution in [0.5, 0.6) is 0 Å². The Balaban J connectivity index is 1.24. The van der Waals surface area contributed by atoms with Crippen LogP contribution in [0.25, 0.3) is 64.7 Å². The Morgan fingerprint density at radius 3 is 1.46 bits per heavy atom. The lowest BCUT2D eigenvalue weighted by Gasteiger charge is -2.35. The van der Waals surface area contributed by atoms with Gasteiger partial charge in [0, 0.05) is 26.6 Å². The second-order valence-corrected chi connectivity index (χ2v) is 17.3. The molecule has 63 heavy (non-hydrogen) atoms. The molecule has 1 heterocycles. The molecule has 0 bridgehead atoms. The summed E-state index contributed by atoms with van der Waals surface area (Å²) in [6.07, 6.45) is 0. The number of anilines is 3. The number of thiophene rings is 1. The summed E-state index contributed by atoms with van der Waals surface area (Å²) in [5, 5.41) is 2.54. The van der Waals surface area contributed by atoms with Crippen LogP contribution in [-0.2, 0) is 5.41 Å². The van der Waals surface area contributed by atoms with Crippen molar-refractivity contribution in [1.82, 2.24) is 0 Å². The monoisotopic (exact) mass is 819 g/mol. The third-order valence-corrected chi connectivity index (χ3v) is 14.2. The van der Waals surface area contributed by atoms with Crippen LogP contribution in [-0.4, -0.2) is 0 Å². The number of benzene rings is 10. The number of hydrogen-bond donors (Lipinski definition) is 0. The summed E-state index contributed by atoms with van der Waals surface area (Å²) in [6, 6.07) is 91.7. The minimum Gasteiger partial charge on any atom is -0.308 e. The maximum Gasteiger partial charge on any atom is 0.0714 e. The third-order valence-electron chi connectivity index (χ3n) is 13.0.